The summed E-state index contributed by atoms with van der Waals surface area (Å²) in [4.78, 5) is 2.13. The monoisotopic (exact) mass is 244 g/mol. The van der Waals surface area contributed by atoms with Gasteiger partial charge in [0.15, 0.2) is 0 Å². The second kappa shape index (κ2) is 4.33. The van der Waals surface area contributed by atoms with Gasteiger partial charge in [0.05, 0.1) is 0 Å². The molecule has 0 aliphatic carbocycles. The molecule has 1 aliphatic rings. The first-order valence-electron chi connectivity index (χ1n) is 6.19. The second-order valence-corrected chi connectivity index (χ2v) is 4.66. The summed E-state index contributed by atoms with van der Waals surface area (Å²) in [6.07, 6.45) is 2.39. The minimum absolute atomic E-state index is 0.556. The van der Waals surface area contributed by atoms with Gasteiger partial charge >= 0.3 is 6.01 Å². The minimum atomic E-state index is 0.556. The number of hydrogen-bond donors (Lipinski definition) is 1. The Bertz CT molecular complexity index is 558. The summed E-state index contributed by atoms with van der Waals surface area (Å²) < 4.78 is 5.71. The maximum atomic E-state index is 5.80. The van der Waals surface area contributed by atoms with Gasteiger partial charge in [-0.15, -0.1) is 5.10 Å². The van der Waals surface area contributed by atoms with Crippen LogP contribution in [0.2, 0.25) is 0 Å². The third-order valence-corrected chi connectivity index (χ3v) is 3.31. The number of hydrogen-bond acceptors (Lipinski definition) is 5. The SMILES string of the molecule is Cc1cc(-c2nnc(N3CCCC3)o2)ccc1N. The van der Waals surface area contributed by atoms with E-state index in [0.717, 1.165) is 29.9 Å². The smallest absolute Gasteiger partial charge is 0.318 e. The molecule has 2 heterocycles. The first kappa shape index (κ1) is 11.1. The van der Waals surface area contributed by atoms with Gasteiger partial charge in [0.2, 0.25) is 5.89 Å². The van der Waals surface area contributed by atoms with Gasteiger partial charge in [0, 0.05) is 24.3 Å². The Morgan fingerprint density at radius 1 is 1.22 bits per heavy atom. The molecule has 5 heteroatoms. The van der Waals surface area contributed by atoms with Crippen molar-refractivity contribution in [1.29, 1.82) is 0 Å². The van der Waals surface area contributed by atoms with E-state index in [2.05, 4.69) is 15.1 Å². The van der Waals surface area contributed by atoms with Crippen LogP contribution in [0.1, 0.15) is 18.4 Å². The van der Waals surface area contributed by atoms with Crippen LogP contribution in [0.5, 0.6) is 0 Å². The zero-order valence-electron chi connectivity index (χ0n) is 10.4. The predicted octanol–water partition coefficient (Wildman–Crippen LogP) is 2.23. The number of nitrogen functional groups attached to an aromatic ring is 1. The van der Waals surface area contributed by atoms with E-state index >= 15 is 0 Å². The maximum absolute atomic E-state index is 5.80. The Kier molecular flexibility index (Phi) is 2.66. The number of nitrogens with zero attached hydrogens (tertiary/aromatic N) is 3. The zero-order valence-corrected chi connectivity index (χ0v) is 10.4. The van der Waals surface area contributed by atoms with Crippen LogP contribution in [0.15, 0.2) is 22.6 Å². The van der Waals surface area contributed by atoms with Crippen LogP contribution in [0.3, 0.4) is 0 Å². The highest BCUT2D eigenvalue weighted by Crippen LogP contribution is 2.26. The van der Waals surface area contributed by atoms with Crippen LogP contribution >= 0.6 is 0 Å². The lowest BCUT2D eigenvalue weighted by molar-refractivity contribution is 0.557. The lowest BCUT2D eigenvalue weighted by atomic mass is 10.1. The van der Waals surface area contributed by atoms with Crippen LogP contribution in [0.4, 0.5) is 11.7 Å². The second-order valence-electron chi connectivity index (χ2n) is 4.66. The molecule has 5 nitrogen and oxygen atoms in total. The Hall–Kier alpha value is -2.04. The topological polar surface area (TPSA) is 68.2 Å². The van der Waals surface area contributed by atoms with E-state index in [4.69, 9.17) is 10.2 Å². The molecule has 1 saturated heterocycles. The largest absolute Gasteiger partial charge is 0.403 e. The molecule has 18 heavy (non-hydrogen) atoms. The fourth-order valence-corrected chi connectivity index (χ4v) is 2.18. The van der Waals surface area contributed by atoms with Crippen molar-refractivity contribution < 1.29 is 4.42 Å². The summed E-state index contributed by atoms with van der Waals surface area (Å²) in [5.74, 6) is 0.556. The van der Waals surface area contributed by atoms with Crippen LogP contribution in [-0.4, -0.2) is 23.3 Å². The lowest BCUT2D eigenvalue weighted by Gasteiger charge is -2.09. The Labute approximate surface area is 106 Å². The average molecular weight is 244 g/mol. The highest BCUT2D eigenvalue weighted by Gasteiger charge is 2.18. The van der Waals surface area contributed by atoms with E-state index < -0.39 is 0 Å². The molecule has 1 fully saturated rings. The van der Waals surface area contributed by atoms with Gasteiger partial charge in [-0.1, -0.05) is 5.10 Å². The molecule has 1 aromatic heterocycles. The van der Waals surface area contributed by atoms with Crippen LogP contribution in [0, 0.1) is 6.92 Å². The average Bonchev–Trinajstić information content (AvgIpc) is 3.01. The van der Waals surface area contributed by atoms with Gasteiger partial charge in [-0.25, -0.2) is 0 Å². The molecule has 0 amide bonds. The summed E-state index contributed by atoms with van der Waals surface area (Å²) in [5, 5.41) is 8.21. The predicted molar refractivity (Wildman–Crippen MR) is 70.3 cm³/mol. The van der Waals surface area contributed by atoms with E-state index in [1.807, 2.05) is 25.1 Å². The van der Waals surface area contributed by atoms with Gasteiger partial charge in [-0.3, -0.25) is 0 Å². The van der Waals surface area contributed by atoms with E-state index in [0.29, 0.717) is 11.9 Å². The number of aryl methyl sites for hydroxylation is 1. The molecule has 1 aliphatic heterocycles. The third kappa shape index (κ3) is 1.92. The number of benzene rings is 1. The molecular weight excluding hydrogens is 228 g/mol. The van der Waals surface area contributed by atoms with E-state index in [1.54, 1.807) is 0 Å². The minimum Gasteiger partial charge on any atom is -0.403 e. The van der Waals surface area contributed by atoms with Crippen molar-refractivity contribution in [1.82, 2.24) is 10.2 Å². The number of aromatic nitrogens is 2. The molecule has 3 rings (SSSR count). The van der Waals surface area contributed by atoms with Crippen molar-refractivity contribution in [3.63, 3.8) is 0 Å². The zero-order chi connectivity index (χ0) is 12.5. The van der Waals surface area contributed by atoms with E-state index in [1.165, 1.54) is 12.8 Å². The van der Waals surface area contributed by atoms with Crippen LogP contribution in [-0.2, 0) is 0 Å². The van der Waals surface area contributed by atoms with Crippen molar-refractivity contribution in [3.05, 3.63) is 23.8 Å². The molecule has 2 aromatic rings. The fourth-order valence-electron chi connectivity index (χ4n) is 2.18. The van der Waals surface area contributed by atoms with Crippen molar-refractivity contribution >= 4 is 11.7 Å². The van der Waals surface area contributed by atoms with Crippen LogP contribution in [0.25, 0.3) is 11.5 Å². The molecule has 0 unspecified atom stereocenters. The Balaban J connectivity index is 1.89. The summed E-state index contributed by atoms with van der Waals surface area (Å²) in [7, 11) is 0. The van der Waals surface area contributed by atoms with Gasteiger partial charge < -0.3 is 15.1 Å². The van der Waals surface area contributed by atoms with Gasteiger partial charge in [0.1, 0.15) is 0 Å². The van der Waals surface area contributed by atoms with Gasteiger partial charge in [0.25, 0.3) is 0 Å². The third-order valence-electron chi connectivity index (χ3n) is 3.31. The lowest BCUT2D eigenvalue weighted by Crippen LogP contribution is -2.17. The first-order chi connectivity index (χ1) is 8.74. The fraction of sp³-hybridized carbons (Fsp3) is 0.385. The highest BCUT2D eigenvalue weighted by atomic mass is 16.4. The van der Waals surface area contributed by atoms with Crippen LogP contribution < -0.4 is 10.6 Å². The quantitative estimate of drug-likeness (QED) is 0.820. The number of nitrogens with two attached hydrogens (primary N) is 1. The summed E-state index contributed by atoms with van der Waals surface area (Å²) in [5.41, 5.74) is 8.51. The van der Waals surface area contributed by atoms with E-state index in [9.17, 15) is 0 Å². The maximum Gasteiger partial charge on any atom is 0.318 e. The van der Waals surface area contributed by atoms with Gasteiger partial charge in [-0.05, 0) is 43.5 Å². The van der Waals surface area contributed by atoms with Crippen molar-refractivity contribution in [2.75, 3.05) is 23.7 Å². The van der Waals surface area contributed by atoms with E-state index in [-0.39, 0.29) is 0 Å². The molecule has 0 spiro atoms. The molecule has 0 saturated carbocycles. The molecule has 2 N–H and O–H groups in total. The standard InChI is InChI=1S/C13H16N4O/c1-9-8-10(4-5-11(9)14)12-15-16-13(18-12)17-6-2-3-7-17/h4-5,8H,2-3,6-7,14H2,1H3. The number of anilines is 2. The summed E-state index contributed by atoms with van der Waals surface area (Å²) >= 11 is 0. The summed E-state index contributed by atoms with van der Waals surface area (Å²) in [6, 6.07) is 6.36. The Morgan fingerprint density at radius 2 is 2.00 bits per heavy atom. The Morgan fingerprint density at radius 3 is 2.72 bits per heavy atom. The van der Waals surface area contributed by atoms with Crippen molar-refractivity contribution in [3.8, 4) is 11.5 Å². The normalized spacial score (nSPS) is 15.3. The molecular formula is C13H16N4O. The molecule has 0 atom stereocenters. The molecule has 0 bridgehead atoms. The highest BCUT2D eigenvalue weighted by molar-refractivity contribution is 5.61. The summed E-state index contributed by atoms with van der Waals surface area (Å²) in [6.45, 7) is 3.97. The molecule has 94 valence electrons. The van der Waals surface area contributed by atoms with Crippen molar-refractivity contribution in [2.45, 2.75) is 19.8 Å². The molecule has 1 aromatic carbocycles. The first-order valence-corrected chi connectivity index (χ1v) is 6.19. The van der Waals surface area contributed by atoms with Gasteiger partial charge in [-0.2, -0.15) is 0 Å². The van der Waals surface area contributed by atoms with Crippen molar-refractivity contribution in [2.24, 2.45) is 0 Å². The number of rotatable bonds is 2. The molecule has 0 radical (unpaired) electrons.